The number of nitrogens with zero attached hydrogens (tertiary/aromatic N) is 3. The average molecular weight is 360 g/mol. The molecule has 0 unspecified atom stereocenters. The van der Waals surface area contributed by atoms with E-state index in [1.807, 2.05) is 13.8 Å². The molecular weight excluding hydrogens is 346 g/mol. The van der Waals surface area contributed by atoms with E-state index in [1.54, 1.807) is 29.8 Å². The lowest BCUT2D eigenvalue weighted by atomic mass is 9.94. The number of nitriles is 1. The number of carbonyl (C=O) groups excluding carboxylic acids is 1. The molecule has 112 valence electrons. The highest BCUT2D eigenvalue weighted by molar-refractivity contribution is 9.10. The Bertz CT molecular complexity index is 831. The third-order valence-electron chi connectivity index (χ3n) is 3.57. The van der Waals surface area contributed by atoms with Crippen LogP contribution in [0.15, 0.2) is 22.7 Å². The predicted molar refractivity (Wildman–Crippen MR) is 84.4 cm³/mol. The van der Waals surface area contributed by atoms with Crippen molar-refractivity contribution in [2.45, 2.75) is 32.8 Å². The van der Waals surface area contributed by atoms with Crippen LogP contribution in [0.5, 0.6) is 5.88 Å². The minimum absolute atomic E-state index is 0.0442. The molecule has 2 aromatic rings. The molecule has 0 saturated heterocycles. The van der Waals surface area contributed by atoms with Crippen LogP contribution in [0.2, 0.25) is 0 Å². The number of Topliss-reactive ketones (excluding diaryl/α,β-unsaturated/α-hetero) is 1. The molecule has 0 N–H and O–H groups in total. The van der Waals surface area contributed by atoms with Gasteiger partial charge in [-0.05, 0) is 54.9 Å². The summed E-state index contributed by atoms with van der Waals surface area (Å²) in [5.41, 5.74) is 1.91. The van der Waals surface area contributed by atoms with E-state index in [-0.39, 0.29) is 5.78 Å². The van der Waals surface area contributed by atoms with Crippen molar-refractivity contribution in [3.8, 4) is 17.6 Å². The fourth-order valence-corrected chi connectivity index (χ4v) is 3.05. The van der Waals surface area contributed by atoms with E-state index in [0.29, 0.717) is 33.6 Å². The van der Waals surface area contributed by atoms with Crippen LogP contribution in [-0.2, 0) is 0 Å². The van der Waals surface area contributed by atoms with Crippen LogP contribution in [0.4, 0.5) is 0 Å². The summed E-state index contributed by atoms with van der Waals surface area (Å²) in [5.74, 6) is 0.512. The quantitative estimate of drug-likeness (QED) is 0.780. The second-order valence-corrected chi connectivity index (χ2v) is 6.77. The van der Waals surface area contributed by atoms with Gasteiger partial charge in [0.15, 0.2) is 5.78 Å². The number of hydrogen-bond acceptors (Lipinski definition) is 4. The van der Waals surface area contributed by atoms with Gasteiger partial charge in [-0.2, -0.15) is 10.4 Å². The molecular formula is C16H14BrN3O2. The van der Waals surface area contributed by atoms with Gasteiger partial charge in [0.1, 0.15) is 17.2 Å². The first kappa shape index (κ1) is 14.8. The number of fused-ring (bicyclic) bond motifs is 1. The molecule has 3 rings (SSSR count). The number of carbonyl (C=O) groups is 1. The van der Waals surface area contributed by atoms with Gasteiger partial charge in [-0.1, -0.05) is 0 Å². The molecule has 1 aliphatic heterocycles. The summed E-state index contributed by atoms with van der Waals surface area (Å²) in [5, 5.41) is 13.4. The summed E-state index contributed by atoms with van der Waals surface area (Å²) in [6.07, 6.45) is 0.337. The maximum absolute atomic E-state index is 12.3. The number of hydrogen-bond donors (Lipinski definition) is 0. The molecule has 5 nitrogen and oxygen atoms in total. The highest BCUT2D eigenvalue weighted by atomic mass is 79.9. The average Bonchev–Trinajstić information content (AvgIpc) is 2.74. The Morgan fingerprint density at radius 2 is 2.18 bits per heavy atom. The standard InChI is InChI=1S/C16H14BrN3O2/c1-9-14-13(21)7-16(2,3)22-15(14)20(19-9)11-5-4-10(8-18)12(17)6-11/h4-6H,7H2,1-3H3. The Morgan fingerprint density at radius 3 is 2.82 bits per heavy atom. The highest BCUT2D eigenvalue weighted by Gasteiger charge is 2.37. The molecule has 0 amide bonds. The summed E-state index contributed by atoms with van der Waals surface area (Å²) >= 11 is 3.37. The number of aromatic nitrogens is 2. The summed E-state index contributed by atoms with van der Waals surface area (Å²) in [4.78, 5) is 12.3. The number of ketones is 1. The third-order valence-corrected chi connectivity index (χ3v) is 4.23. The van der Waals surface area contributed by atoms with Gasteiger partial charge in [0.05, 0.1) is 23.4 Å². The number of benzene rings is 1. The van der Waals surface area contributed by atoms with E-state index in [1.165, 1.54) is 0 Å². The maximum atomic E-state index is 12.3. The van der Waals surface area contributed by atoms with Gasteiger partial charge in [-0.25, -0.2) is 4.68 Å². The van der Waals surface area contributed by atoms with Crippen molar-refractivity contribution < 1.29 is 9.53 Å². The molecule has 0 saturated carbocycles. The lowest BCUT2D eigenvalue weighted by molar-refractivity contribution is 0.0579. The number of halogens is 1. The molecule has 0 bridgehead atoms. The summed E-state index contributed by atoms with van der Waals surface area (Å²) in [7, 11) is 0. The van der Waals surface area contributed by atoms with Crippen LogP contribution in [0.25, 0.3) is 5.69 Å². The van der Waals surface area contributed by atoms with E-state index in [4.69, 9.17) is 10.00 Å². The Labute approximate surface area is 136 Å². The maximum Gasteiger partial charge on any atom is 0.228 e. The molecule has 22 heavy (non-hydrogen) atoms. The summed E-state index contributed by atoms with van der Waals surface area (Å²) in [6.45, 7) is 5.57. The van der Waals surface area contributed by atoms with Crippen molar-refractivity contribution in [2.24, 2.45) is 0 Å². The Morgan fingerprint density at radius 1 is 1.45 bits per heavy atom. The summed E-state index contributed by atoms with van der Waals surface area (Å²) < 4.78 is 8.29. The monoisotopic (exact) mass is 359 g/mol. The first-order valence-corrected chi connectivity index (χ1v) is 7.63. The molecule has 0 aliphatic carbocycles. The third kappa shape index (κ3) is 2.32. The van der Waals surface area contributed by atoms with Crippen LogP contribution in [0, 0.1) is 18.3 Å². The molecule has 6 heteroatoms. The zero-order valence-electron chi connectivity index (χ0n) is 12.5. The first-order chi connectivity index (χ1) is 10.3. The Balaban J connectivity index is 2.18. The Hall–Kier alpha value is -2.13. The molecule has 0 radical (unpaired) electrons. The van der Waals surface area contributed by atoms with Crippen LogP contribution >= 0.6 is 15.9 Å². The fourth-order valence-electron chi connectivity index (χ4n) is 2.60. The van der Waals surface area contributed by atoms with Crippen molar-refractivity contribution in [1.29, 1.82) is 5.26 Å². The van der Waals surface area contributed by atoms with Gasteiger partial charge in [0.2, 0.25) is 5.88 Å². The molecule has 1 aromatic heterocycles. The SMILES string of the molecule is Cc1nn(-c2ccc(C#N)c(Br)c2)c2c1C(=O)CC(C)(C)O2. The highest BCUT2D eigenvalue weighted by Crippen LogP contribution is 2.37. The topological polar surface area (TPSA) is 67.9 Å². The minimum Gasteiger partial charge on any atom is -0.471 e. The van der Waals surface area contributed by atoms with Crippen LogP contribution < -0.4 is 4.74 Å². The second kappa shape index (κ2) is 4.96. The van der Waals surface area contributed by atoms with Gasteiger partial charge in [0, 0.05) is 4.47 Å². The minimum atomic E-state index is -0.557. The largest absolute Gasteiger partial charge is 0.471 e. The molecule has 1 aromatic carbocycles. The molecule has 1 aliphatic rings. The lowest BCUT2D eigenvalue weighted by Gasteiger charge is -2.30. The van der Waals surface area contributed by atoms with Crippen molar-refractivity contribution in [3.05, 3.63) is 39.5 Å². The number of ether oxygens (including phenoxy) is 1. The normalized spacial score (nSPS) is 15.9. The van der Waals surface area contributed by atoms with Crippen molar-refractivity contribution >= 4 is 21.7 Å². The zero-order chi connectivity index (χ0) is 16.1. The molecule has 0 fully saturated rings. The van der Waals surface area contributed by atoms with Gasteiger partial charge < -0.3 is 4.74 Å². The number of aryl methyl sites for hydroxylation is 1. The smallest absolute Gasteiger partial charge is 0.228 e. The fraction of sp³-hybridized carbons (Fsp3) is 0.312. The van der Waals surface area contributed by atoms with E-state index in [0.717, 1.165) is 5.69 Å². The van der Waals surface area contributed by atoms with Gasteiger partial charge >= 0.3 is 0 Å². The molecule has 2 heterocycles. The van der Waals surface area contributed by atoms with Crippen molar-refractivity contribution in [2.75, 3.05) is 0 Å². The van der Waals surface area contributed by atoms with Crippen LogP contribution in [0.3, 0.4) is 0 Å². The second-order valence-electron chi connectivity index (χ2n) is 5.92. The van der Waals surface area contributed by atoms with Gasteiger partial charge in [-0.15, -0.1) is 0 Å². The van der Waals surface area contributed by atoms with E-state index in [2.05, 4.69) is 27.1 Å². The van der Waals surface area contributed by atoms with Crippen molar-refractivity contribution in [1.82, 2.24) is 9.78 Å². The van der Waals surface area contributed by atoms with E-state index >= 15 is 0 Å². The van der Waals surface area contributed by atoms with Gasteiger partial charge in [-0.3, -0.25) is 4.79 Å². The number of rotatable bonds is 1. The van der Waals surface area contributed by atoms with Gasteiger partial charge in [0.25, 0.3) is 0 Å². The van der Waals surface area contributed by atoms with E-state index < -0.39 is 5.60 Å². The summed E-state index contributed by atoms with van der Waals surface area (Å²) in [6, 6.07) is 7.38. The Kier molecular flexibility index (Phi) is 3.33. The van der Waals surface area contributed by atoms with Crippen LogP contribution in [-0.4, -0.2) is 21.2 Å². The molecule has 0 atom stereocenters. The molecule has 0 spiro atoms. The zero-order valence-corrected chi connectivity index (χ0v) is 14.1. The van der Waals surface area contributed by atoms with Crippen LogP contribution in [0.1, 0.15) is 41.9 Å². The predicted octanol–water partition coefficient (Wildman–Crippen LogP) is 3.56. The van der Waals surface area contributed by atoms with E-state index in [9.17, 15) is 4.79 Å². The lowest BCUT2D eigenvalue weighted by Crippen LogP contribution is -2.36. The first-order valence-electron chi connectivity index (χ1n) is 6.84. The van der Waals surface area contributed by atoms with Crippen molar-refractivity contribution in [3.63, 3.8) is 0 Å².